The Morgan fingerprint density at radius 3 is 2.53 bits per heavy atom. The molecule has 0 aromatic heterocycles. The van der Waals surface area contributed by atoms with E-state index in [1.807, 2.05) is 13.8 Å². The van der Waals surface area contributed by atoms with Crippen molar-refractivity contribution in [2.24, 2.45) is 0 Å². The van der Waals surface area contributed by atoms with Crippen molar-refractivity contribution in [2.45, 2.75) is 26.7 Å². The zero-order valence-corrected chi connectivity index (χ0v) is 10.9. The second kappa shape index (κ2) is 4.80. The third-order valence-electron chi connectivity index (χ3n) is 3.15. The summed E-state index contributed by atoms with van der Waals surface area (Å²) in [5.41, 5.74) is 1.31. The Morgan fingerprint density at radius 2 is 1.89 bits per heavy atom. The van der Waals surface area contributed by atoms with E-state index in [9.17, 15) is 14.7 Å². The van der Waals surface area contributed by atoms with Crippen LogP contribution in [0.3, 0.4) is 0 Å². The third kappa shape index (κ3) is 2.10. The lowest BCUT2D eigenvalue weighted by Crippen LogP contribution is -2.28. The number of hydrogen-bond acceptors (Lipinski definition) is 4. The van der Waals surface area contributed by atoms with Crippen molar-refractivity contribution in [3.63, 3.8) is 0 Å². The quantitative estimate of drug-likeness (QED) is 0.645. The van der Waals surface area contributed by atoms with Crippen molar-refractivity contribution in [2.75, 3.05) is 0 Å². The molecular formula is C15H15NO3. The summed E-state index contributed by atoms with van der Waals surface area (Å²) in [5.74, 6) is -1.68. The molecule has 19 heavy (non-hydrogen) atoms. The largest absolute Gasteiger partial charge is 0.506 e. The van der Waals surface area contributed by atoms with Crippen LogP contribution in [0.2, 0.25) is 0 Å². The van der Waals surface area contributed by atoms with Crippen molar-refractivity contribution in [3.8, 4) is 0 Å². The fourth-order valence-corrected chi connectivity index (χ4v) is 2.19. The van der Waals surface area contributed by atoms with E-state index in [2.05, 4.69) is 0 Å². The molecule has 0 radical (unpaired) electrons. The highest BCUT2D eigenvalue weighted by molar-refractivity contribution is 6.57. The number of carbonyl (C=O) groups is 2. The van der Waals surface area contributed by atoms with Gasteiger partial charge in [-0.25, -0.2) is 0 Å². The summed E-state index contributed by atoms with van der Waals surface area (Å²) < 4.78 is 0. The molecule has 1 aromatic rings. The van der Waals surface area contributed by atoms with Crippen molar-refractivity contribution < 1.29 is 14.7 Å². The number of ketones is 2. The minimum atomic E-state index is -0.785. The summed E-state index contributed by atoms with van der Waals surface area (Å²) in [7, 11) is 0. The van der Waals surface area contributed by atoms with Crippen LogP contribution in [0.1, 0.15) is 41.3 Å². The first kappa shape index (κ1) is 13.2. The maximum Gasteiger partial charge on any atom is 0.239 e. The molecule has 0 fully saturated rings. The van der Waals surface area contributed by atoms with Gasteiger partial charge in [0, 0.05) is 16.8 Å². The van der Waals surface area contributed by atoms with Gasteiger partial charge < -0.3 is 10.5 Å². The average Bonchev–Trinajstić information content (AvgIpc) is 2.36. The van der Waals surface area contributed by atoms with E-state index in [0.717, 1.165) is 5.56 Å². The lowest BCUT2D eigenvalue weighted by atomic mass is 9.85. The van der Waals surface area contributed by atoms with Gasteiger partial charge in [-0.3, -0.25) is 9.59 Å². The summed E-state index contributed by atoms with van der Waals surface area (Å²) in [6.07, 6.45) is 1.04. The molecular weight excluding hydrogens is 242 g/mol. The summed E-state index contributed by atoms with van der Waals surface area (Å²) >= 11 is 0. The zero-order valence-electron chi connectivity index (χ0n) is 10.9. The van der Waals surface area contributed by atoms with Crippen LogP contribution in [0.4, 0.5) is 0 Å². The number of fused-ring (bicyclic) bond motifs is 1. The Morgan fingerprint density at radius 1 is 1.21 bits per heavy atom. The Kier molecular flexibility index (Phi) is 3.34. The molecule has 4 nitrogen and oxygen atoms in total. The monoisotopic (exact) mass is 257 g/mol. The predicted octanol–water partition coefficient (Wildman–Crippen LogP) is 2.85. The Balaban J connectivity index is 2.66. The zero-order chi connectivity index (χ0) is 14.2. The van der Waals surface area contributed by atoms with Gasteiger partial charge in [-0.1, -0.05) is 25.0 Å². The Hall–Kier alpha value is -2.23. The predicted molar refractivity (Wildman–Crippen MR) is 72.7 cm³/mol. The average molecular weight is 257 g/mol. The lowest BCUT2D eigenvalue weighted by Gasteiger charge is -2.18. The fraction of sp³-hybridized carbons (Fsp3) is 0.267. The molecule has 4 heteroatoms. The number of carbonyl (C=O) groups excluding carboxylic acids is 2. The van der Waals surface area contributed by atoms with E-state index in [-0.39, 0.29) is 22.6 Å². The van der Waals surface area contributed by atoms with Crippen LogP contribution in [0.25, 0.3) is 5.76 Å². The second-order valence-electron chi connectivity index (χ2n) is 4.66. The van der Waals surface area contributed by atoms with Crippen molar-refractivity contribution in [3.05, 3.63) is 40.5 Å². The number of hydrogen-bond donors (Lipinski definition) is 2. The van der Waals surface area contributed by atoms with Gasteiger partial charge in [0.05, 0.1) is 5.57 Å². The van der Waals surface area contributed by atoms with Gasteiger partial charge in [-0.15, -0.1) is 0 Å². The molecule has 0 saturated carbocycles. The maximum atomic E-state index is 12.0. The number of aliphatic hydroxyl groups excluding tert-OH is 1. The molecule has 1 aliphatic rings. The first-order valence-corrected chi connectivity index (χ1v) is 6.18. The Bertz CT molecular complexity index is 626. The van der Waals surface area contributed by atoms with Crippen LogP contribution in [0.15, 0.2) is 23.8 Å². The molecule has 0 bridgehead atoms. The third-order valence-corrected chi connectivity index (χ3v) is 3.15. The highest BCUT2D eigenvalue weighted by Gasteiger charge is 2.34. The second-order valence-corrected chi connectivity index (χ2v) is 4.66. The molecule has 2 N–H and O–H groups in total. The van der Waals surface area contributed by atoms with Crippen LogP contribution in [0.5, 0.6) is 0 Å². The number of aryl methyl sites for hydroxylation is 1. The fourth-order valence-electron chi connectivity index (χ4n) is 2.19. The number of Topliss-reactive ketones (excluding diaryl/α,β-unsaturated/α-hetero) is 2. The highest BCUT2D eigenvalue weighted by atomic mass is 16.3. The first-order chi connectivity index (χ1) is 8.97. The molecule has 0 atom stereocenters. The number of benzene rings is 1. The molecule has 0 amide bonds. The summed E-state index contributed by atoms with van der Waals surface area (Å²) in [5, 5.41) is 18.0. The van der Waals surface area contributed by atoms with Gasteiger partial charge in [0.2, 0.25) is 11.6 Å². The van der Waals surface area contributed by atoms with E-state index in [1.165, 1.54) is 0 Å². The van der Waals surface area contributed by atoms with Gasteiger partial charge >= 0.3 is 0 Å². The van der Waals surface area contributed by atoms with Crippen LogP contribution >= 0.6 is 0 Å². The molecule has 0 aliphatic heterocycles. The summed E-state index contributed by atoms with van der Waals surface area (Å²) in [4.78, 5) is 24.0. The molecule has 0 saturated heterocycles. The van der Waals surface area contributed by atoms with E-state index in [0.29, 0.717) is 18.4 Å². The summed E-state index contributed by atoms with van der Waals surface area (Å²) in [6.45, 7) is 3.71. The van der Waals surface area contributed by atoms with Crippen molar-refractivity contribution in [1.29, 1.82) is 5.41 Å². The van der Waals surface area contributed by atoms with Crippen LogP contribution in [-0.4, -0.2) is 22.4 Å². The van der Waals surface area contributed by atoms with Gasteiger partial charge in [-0.2, -0.15) is 0 Å². The van der Waals surface area contributed by atoms with Crippen LogP contribution in [0, 0.1) is 12.3 Å². The van der Waals surface area contributed by atoms with Crippen molar-refractivity contribution in [1.82, 2.24) is 0 Å². The van der Waals surface area contributed by atoms with E-state index in [4.69, 9.17) is 5.41 Å². The lowest BCUT2D eigenvalue weighted by molar-refractivity contribution is -0.111. The smallest absolute Gasteiger partial charge is 0.239 e. The number of nitrogens with one attached hydrogen (secondary N) is 1. The van der Waals surface area contributed by atoms with Crippen LogP contribution in [-0.2, 0) is 4.79 Å². The van der Waals surface area contributed by atoms with E-state index >= 15 is 0 Å². The molecule has 0 unspecified atom stereocenters. The standard InChI is InChI=1S/C15H15NO3/c1-3-4-11(16)12-13(17)10-7-8(2)5-6-9(10)14(18)15(12)19/h5-7,16-17H,3-4H2,1-2H3. The van der Waals surface area contributed by atoms with E-state index in [1.54, 1.807) is 18.2 Å². The van der Waals surface area contributed by atoms with Crippen LogP contribution < -0.4 is 0 Å². The summed E-state index contributed by atoms with van der Waals surface area (Å²) in [6, 6.07) is 4.93. The topological polar surface area (TPSA) is 78.2 Å². The van der Waals surface area contributed by atoms with E-state index < -0.39 is 11.6 Å². The van der Waals surface area contributed by atoms with Gasteiger partial charge in [0.15, 0.2) is 0 Å². The minimum absolute atomic E-state index is 0.0190. The molecule has 98 valence electrons. The SMILES string of the molecule is CCCC(=N)C1=C(O)c2cc(C)ccc2C(=O)C1=O. The molecule has 1 aromatic carbocycles. The number of aliphatic hydroxyl groups is 1. The molecule has 0 spiro atoms. The van der Waals surface area contributed by atoms with Gasteiger partial charge in [-0.05, 0) is 25.5 Å². The number of rotatable bonds is 3. The molecule has 0 heterocycles. The molecule has 2 rings (SSSR count). The maximum absolute atomic E-state index is 12.0. The highest BCUT2D eigenvalue weighted by Crippen LogP contribution is 2.29. The minimum Gasteiger partial charge on any atom is -0.506 e. The number of allylic oxidation sites excluding steroid dienone is 1. The normalized spacial score (nSPS) is 14.6. The Labute approximate surface area is 111 Å². The van der Waals surface area contributed by atoms with Gasteiger partial charge in [0.25, 0.3) is 0 Å². The van der Waals surface area contributed by atoms with Gasteiger partial charge in [0.1, 0.15) is 5.76 Å². The van der Waals surface area contributed by atoms with Crippen molar-refractivity contribution >= 4 is 23.0 Å². The first-order valence-electron chi connectivity index (χ1n) is 6.18. The molecule has 1 aliphatic carbocycles.